The van der Waals surface area contributed by atoms with Crippen molar-refractivity contribution in [1.82, 2.24) is 5.32 Å². The summed E-state index contributed by atoms with van der Waals surface area (Å²) >= 11 is 0. The van der Waals surface area contributed by atoms with Crippen LogP contribution in [-0.2, 0) is 0 Å². The van der Waals surface area contributed by atoms with E-state index in [1.165, 1.54) is 25.7 Å². The minimum Gasteiger partial charge on any atom is -0.496 e. The molecule has 0 amide bonds. The van der Waals surface area contributed by atoms with E-state index in [9.17, 15) is 4.79 Å². The van der Waals surface area contributed by atoms with Crippen molar-refractivity contribution in [1.29, 1.82) is 0 Å². The molecule has 0 bridgehead atoms. The first-order valence-electron chi connectivity index (χ1n) is 8.76. The van der Waals surface area contributed by atoms with Gasteiger partial charge in [-0.1, -0.05) is 12.8 Å². The van der Waals surface area contributed by atoms with Gasteiger partial charge in [0, 0.05) is 24.6 Å². The fourth-order valence-corrected chi connectivity index (χ4v) is 3.26. The lowest BCUT2D eigenvalue weighted by Crippen LogP contribution is -2.28. The molecule has 5 heteroatoms. The van der Waals surface area contributed by atoms with Crippen LogP contribution in [0.5, 0.6) is 17.2 Å². The van der Waals surface area contributed by atoms with E-state index < -0.39 is 0 Å². The summed E-state index contributed by atoms with van der Waals surface area (Å²) in [6.07, 6.45) is 7.46. The maximum absolute atomic E-state index is 12.7. The van der Waals surface area contributed by atoms with E-state index in [-0.39, 0.29) is 5.78 Å². The molecule has 1 aliphatic rings. The quantitative estimate of drug-likeness (QED) is 0.736. The van der Waals surface area contributed by atoms with Crippen molar-refractivity contribution in [2.45, 2.75) is 51.0 Å². The van der Waals surface area contributed by atoms with Crippen molar-refractivity contribution in [3.63, 3.8) is 0 Å². The van der Waals surface area contributed by atoms with Gasteiger partial charge >= 0.3 is 0 Å². The molecule has 5 nitrogen and oxygen atoms in total. The molecule has 1 fully saturated rings. The Hall–Kier alpha value is -1.75. The van der Waals surface area contributed by atoms with Crippen molar-refractivity contribution in [2.75, 3.05) is 27.9 Å². The molecular formula is C19H29NO4. The third kappa shape index (κ3) is 4.87. The zero-order valence-corrected chi connectivity index (χ0v) is 15.0. The largest absolute Gasteiger partial charge is 0.496 e. The Bertz CT molecular complexity index is 511. The van der Waals surface area contributed by atoms with Gasteiger partial charge in [-0.2, -0.15) is 0 Å². The Labute approximate surface area is 144 Å². The van der Waals surface area contributed by atoms with E-state index in [4.69, 9.17) is 14.2 Å². The lowest BCUT2D eigenvalue weighted by Gasteiger charge is -2.16. The zero-order valence-electron chi connectivity index (χ0n) is 15.0. The Morgan fingerprint density at radius 3 is 2.42 bits per heavy atom. The second-order valence-corrected chi connectivity index (χ2v) is 6.22. The summed E-state index contributed by atoms with van der Waals surface area (Å²) in [4.78, 5) is 12.7. The molecule has 134 valence electrons. The Morgan fingerprint density at radius 1 is 1.08 bits per heavy atom. The molecular weight excluding hydrogens is 306 g/mol. The average Bonchev–Trinajstić information content (AvgIpc) is 2.89. The number of benzene rings is 1. The van der Waals surface area contributed by atoms with Gasteiger partial charge in [-0.3, -0.25) is 4.79 Å². The first kappa shape index (κ1) is 18.6. The molecule has 1 unspecified atom stereocenters. The summed E-state index contributed by atoms with van der Waals surface area (Å²) in [6, 6.07) is 3.99. The summed E-state index contributed by atoms with van der Waals surface area (Å²) in [6.45, 7) is 1.10. The number of rotatable bonds is 8. The lowest BCUT2D eigenvalue weighted by atomic mass is 9.99. The van der Waals surface area contributed by atoms with Gasteiger partial charge in [-0.05, 0) is 32.2 Å². The summed E-state index contributed by atoms with van der Waals surface area (Å²) in [5.74, 6) is 1.68. The number of nitrogens with one attached hydrogen (secondary N) is 1. The fourth-order valence-electron chi connectivity index (χ4n) is 3.26. The number of Topliss-reactive ketones (excluding diaryl/α,β-unsaturated/α-hetero) is 1. The number of ketones is 1. The number of hydrogen-bond acceptors (Lipinski definition) is 5. The molecule has 1 aromatic carbocycles. The summed E-state index contributed by atoms with van der Waals surface area (Å²) in [5.41, 5.74) is 0.509. The summed E-state index contributed by atoms with van der Waals surface area (Å²) < 4.78 is 16.0. The number of hydrogen-bond donors (Lipinski definition) is 1. The Morgan fingerprint density at radius 2 is 1.79 bits per heavy atom. The maximum Gasteiger partial charge on any atom is 0.170 e. The SMILES string of the molecule is COc1cc(OC)c(C(=O)CCCC2CCCCCN2)c(OC)c1. The van der Waals surface area contributed by atoms with E-state index in [1.54, 1.807) is 33.5 Å². The van der Waals surface area contributed by atoms with Gasteiger partial charge in [0.05, 0.1) is 21.3 Å². The van der Waals surface area contributed by atoms with Crippen LogP contribution in [0.25, 0.3) is 0 Å². The molecule has 0 spiro atoms. The van der Waals surface area contributed by atoms with Gasteiger partial charge in [-0.15, -0.1) is 0 Å². The predicted molar refractivity (Wildman–Crippen MR) is 94.5 cm³/mol. The molecule has 1 atom stereocenters. The van der Waals surface area contributed by atoms with Crippen LogP contribution >= 0.6 is 0 Å². The van der Waals surface area contributed by atoms with E-state index >= 15 is 0 Å². The van der Waals surface area contributed by atoms with Gasteiger partial charge in [0.2, 0.25) is 0 Å². The lowest BCUT2D eigenvalue weighted by molar-refractivity contribution is 0.0972. The molecule has 1 saturated heterocycles. The molecule has 1 aromatic rings. The number of carbonyl (C=O) groups is 1. The molecule has 0 radical (unpaired) electrons. The van der Waals surface area contributed by atoms with Crippen molar-refractivity contribution in [3.05, 3.63) is 17.7 Å². The van der Waals surface area contributed by atoms with E-state index in [0.29, 0.717) is 35.3 Å². The minimum absolute atomic E-state index is 0.0555. The van der Waals surface area contributed by atoms with Crippen LogP contribution in [0, 0.1) is 0 Å². The fraction of sp³-hybridized carbons (Fsp3) is 0.632. The smallest absolute Gasteiger partial charge is 0.170 e. The van der Waals surface area contributed by atoms with Gasteiger partial charge in [0.25, 0.3) is 0 Å². The number of methoxy groups -OCH3 is 3. The van der Waals surface area contributed by atoms with E-state index in [0.717, 1.165) is 19.4 Å². The normalized spacial score (nSPS) is 17.9. The number of carbonyl (C=O) groups excluding carboxylic acids is 1. The number of ether oxygens (including phenoxy) is 3. The summed E-state index contributed by atoms with van der Waals surface area (Å²) in [7, 11) is 4.69. The highest BCUT2D eigenvalue weighted by Crippen LogP contribution is 2.35. The van der Waals surface area contributed by atoms with Crippen LogP contribution in [0.1, 0.15) is 55.3 Å². The monoisotopic (exact) mass is 335 g/mol. The zero-order chi connectivity index (χ0) is 17.4. The Balaban J connectivity index is 2.00. The molecule has 1 heterocycles. The van der Waals surface area contributed by atoms with Crippen molar-refractivity contribution >= 4 is 5.78 Å². The van der Waals surface area contributed by atoms with Crippen LogP contribution < -0.4 is 19.5 Å². The average molecular weight is 335 g/mol. The van der Waals surface area contributed by atoms with Crippen LogP contribution in [0.15, 0.2) is 12.1 Å². The molecule has 0 saturated carbocycles. The highest BCUT2D eigenvalue weighted by Gasteiger charge is 2.20. The van der Waals surface area contributed by atoms with Crippen molar-refractivity contribution in [2.24, 2.45) is 0 Å². The predicted octanol–water partition coefficient (Wildman–Crippen LogP) is 3.60. The first-order chi connectivity index (χ1) is 11.7. The highest BCUT2D eigenvalue weighted by atomic mass is 16.5. The van der Waals surface area contributed by atoms with Crippen LogP contribution in [0.3, 0.4) is 0 Å². The topological polar surface area (TPSA) is 56.8 Å². The molecule has 1 aliphatic heterocycles. The molecule has 24 heavy (non-hydrogen) atoms. The van der Waals surface area contributed by atoms with Gasteiger partial charge in [-0.25, -0.2) is 0 Å². The molecule has 2 rings (SSSR count). The van der Waals surface area contributed by atoms with Crippen LogP contribution in [-0.4, -0.2) is 39.7 Å². The minimum atomic E-state index is 0.0555. The maximum atomic E-state index is 12.7. The highest BCUT2D eigenvalue weighted by molar-refractivity contribution is 6.01. The van der Waals surface area contributed by atoms with Crippen LogP contribution in [0.2, 0.25) is 0 Å². The molecule has 0 aromatic heterocycles. The van der Waals surface area contributed by atoms with Gasteiger partial charge in [0.15, 0.2) is 5.78 Å². The van der Waals surface area contributed by atoms with E-state index in [2.05, 4.69) is 5.32 Å². The van der Waals surface area contributed by atoms with Crippen molar-refractivity contribution < 1.29 is 19.0 Å². The standard InChI is InChI=1S/C19H29NO4/c1-22-15-12-17(23-2)19(18(13-15)24-3)16(21)10-7-9-14-8-5-4-6-11-20-14/h12-14,20H,4-11H2,1-3H3. The second kappa shape index (κ2) is 9.52. The summed E-state index contributed by atoms with van der Waals surface area (Å²) in [5, 5.41) is 3.58. The molecule has 0 aliphatic carbocycles. The molecule has 1 N–H and O–H groups in total. The second-order valence-electron chi connectivity index (χ2n) is 6.22. The van der Waals surface area contributed by atoms with Gasteiger partial charge in [0.1, 0.15) is 22.8 Å². The van der Waals surface area contributed by atoms with Crippen LogP contribution in [0.4, 0.5) is 0 Å². The Kier molecular flexibility index (Phi) is 7.37. The van der Waals surface area contributed by atoms with E-state index in [1.807, 2.05) is 0 Å². The van der Waals surface area contributed by atoms with Crippen molar-refractivity contribution in [3.8, 4) is 17.2 Å². The first-order valence-corrected chi connectivity index (χ1v) is 8.76. The van der Waals surface area contributed by atoms with Gasteiger partial charge < -0.3 is 19.5 Å². The third-order valence-corrected chi connectivity index (χ3v) is 4.61. The third-order valence-electron chi connectivity index (χ3n) is 4.61.